The van der Waals surface area contributed by atoms with Crippen molar-refractivity contribution in [3.63, 3.8) is 0 Å². The van der Waals surface area contributed by atoms with Gasteiger partial charge in [0, 0.05) is 17.5 Å². The Morgan fingerprint density at radius 3 is 1.88 bits per heavy atom. The van der Waals surface area contributed by atoms with E-state index < -0.39 is 0 Å². The first-order valence-electron chi connectivity index (χ1n) is 15.1. The van der Waals surface area contributed by atoms with Crippen LogP contribution in [-0.2, 0) is 0 Å². The van der Waals surface area contributed by atoms with Crippen LogP contribution in [0.25, 0.3) is 0 Å². The quantitative estimate of drug-likeness (QED) is 0.504. The molecular formula is C28H48BN3. The Morgan fingerprint density at radius 1 is 0.531 bits per heavy atom. The van der Waals surface area contributed by atoms with Crippen LogP contribution in [0.4, 0.5) is 0 Å². The number of hydrogen-bond acceptors (Lipinski definition) is 3. The van der Waals surface area contributed by atoms with Gasteiger partial charge in [0.1, 0.15) is 0 Å². The van der Waals surface area contributed by atoms with E-state index in [1.54, 1.807) is 25.7 Å². The summed E-state index contributed by atoms with van der Waals surface area (Å²) in [6.45, 7) is 4.86. The molecule has 0 aromatic heterocycles. The molecule has 3 N–H and O–H groups in total. The van der Waals surface area contributed by atoms with E-state index in [2.05, 4.69) is 16.0 Å². The molecule has 4 heterocycles. The molecule has 0 amide bonds. The van der Waals surface area contributed by atoms with E-state index in [0.29, 0.717) is 5.41 Å². The average Bonchev–Trinajstić information content (AvgIpc) is 3.16. The van der Waals surface area contributed by atoms with Crippen molar-refractivity contribution in [2.45, 2.75) is 126 Å². The summed E-state index contributed by atoms with van der Waals surface area (Å²) in [7, 11) is 0. The van der Waals surface area contributed by atoms with Crippen molar-refractivity contribution < 1.29 is 0 Å². The molecule has 4 heteroatoms. The fraction of sp³-hybridized carbons (Fsp3) is 1.00. The van der Waals surface area contributed by atoms with E-state index in [4.69, 9.17) is 0 Å². The van der Waals surface area contributed by atoms with Gasteiger partial charge < -0.3 is 16.0 Å². The Kier molecular flexibility index (Phi) is 5.68. The lowest BCUT2D eigenvalue weighted by molar-refractivity contribution is -0.0490. The molecule has 7 rings (SSSR count). The van der Waals surface area contributed by atoms with Crippen molar-refractivity contribution in [3.8, 4) is 0 Å². The van der Waals surface area contributed by atoms with Gasteiger partial charge in [0.2, 0.25) is 0 Å². The van der Waals surface area contributed by atoms with Gasteiger partial charge in [-0.2, -0.15) is 0 Å². The van der Waals surface area contributed by atoms with Crippen LogP contribution in [0.3, 0.4) is 0 Å². The molecule has 1 spiro atoms. The van der Waals surface area contributed by atoms with E-state index >= 15 is 0 Å². The summed E-state index contributed by atoms with van der Waals surface area (Å²) in [6, 6.07) is 1.62. The lowest BCUT2D eigenvalue weighted by Crippen LogP contribution is -2.74. The third-order valence-electron chi connectivity index (χ3n) is 12.4. The van der Waals surface area contributed by atoms with Gasteiger partial charge in [-0.3, -0.25) is 0 Å². The lowest BCUT2D eigenvalue weighted by atomic mass is 9.18. The molecule has 0 radical (unpaired) electrons. The van der Waals surface area contributed by atoms with Gasteiger partial charge in [0.05, 0.1) is 0 Å². The minimum Gasteiger partial charge on any atom is -0.321 e. The molecule has 178 valence electrons. The van der Waals surface area contributed by atoms with Gasteiger partial charge in [-0.05, 0) is 87.8 Å². The highest BCUT2D eigenvalue weighted by Crippen LogP contribution is 2.69. The number of nitrogens with one attached hydrogen (secondary N) is 3. The van der Waals surface area contributed by atoms with E-state index in [-0.39, 0.29) is 0 Å². The topological polar surface area (TPSA) is 36.1 Å². The average molecular weight is 438 g/mol. The molecule has 4 aliphatic heterocycles. The largest absolute Gasteiger partial charge is 0.321 e. The van der Waals surface area contributed by atoms with Gasteiger partial charge >= 0.3 is 0 Å². The Bertz CT molecular complexity index is 630. The summed E-state index contributed by atoms with van der Waals surface area (Å²) in [6.07, 6.45) is 22.5. The van der Waals surface area contributed by atoms with Crippen molar-refractivity contribution in [1.29, 1.82) is 0 Å². The number of piperidine rings is 3. The molecule has 7 fully saturated rings. The van der Waals surface area contributed by atoms with Gasteiger partial charge in [-0.25, -0.2) is 0 Å². The predicted molar refractivity (Wildman–Crippen MR) is 134 cm³/mol. The van der Waals surface area contributed by atoms with E-state index in [0.717, 1.165) is 60.0 Å². The zero-order chi connectivity index (χ0) is 21.1. The SMILES string of the molecule is C1CCC(B2C3CCCCC3C3(C4CCCNC24)C2NCCCC2C2CCCNC23)CC1. The van der Waals surface area contributed by atoms with Crippen molar-refractivity contribution in [2.24, 2.45) is 29.1 Å². The number of fused-ring (bicyclic) bond motifs is 9. The summed E-state index contributed by atoms with van der Waals surface area (Å²) in [5, 5.41) is 12.9. The highest BCUT2D eigenvalue weighted by Gasteiger charge is 2.72. The van der Waals surface area contributed by atoms with Crippen LogP contribution in [0, 0.1) is 29.1 Å². The maximum atomic E-state index is 4.29. The summed E-state index contributed by atoms with van der Waals surface area (Å²) >= 11 is 0. The molecule has 32 heavy (non-hydrogen) atoms. The summed E-state index contributed by atoms with van der Waals surface area (Å²) in [5.74, 6) is 6.67. The molecular weight excluding hydrogens is 389 g/mol. The zero-order valence-electron chi connectivity index (χ0n) is 20.5. The standard InChI is InChI=1S/C28H48BN3/c1-2-9-19(10-3-1)29-24-15-5-4-13-22(24)28(23-14-8-18-32-27(23)29)25-20(11-6-16-30-25)21-12-7-17-31-26(21)28/h19-27,30-32H,1-18H2. The van der Waals surface area contributed by atoms with Gasteiger partial charge in [0.25, 0.3) is 0 Å². The first-order chi connectivity index (χ1) is 15.9. The summed E-state index contributed by atoms with van der Waals surface area (Å²) < 4.78 is 0. The van der Waals surface area contributed by atoms with Crippen LogP contribution >= 0.6 is 0 Å². The Balaban J connectivity index is 1.36. The third kappa shape index (κ3) is 2.97. The molecule has 0 aromatic rings. The molecule has 3 aliphatic carbocycles. The molecule has 8 unspecified atom stereocenters. The lowest BCUT2D eigenvalue weighted by Gasteiger charge is -2.66. The smallest absolute Gasteiger partial charge is 0.167 e. The first-order valence-corrected chi connectivity index (χ1v) is 15.1. The third-order valence-corrected chi connectivity index (χ3v) is 12.4. The van der Waals surface area contributed by atoms with Crippen molar-refractivity contribution in [1.82, 2.24) is 16.0 Å². The normalized spacial score (nSPS) is 51.6. The second kappa shape index (κ2) is 8.56. The van der Waals surface area contributed by atoms with Gasteiger partial charge in [-0.15, -0.1) is 0 Å². The van der Waals surface area contributed by atoms with Crippen LogP contribution in [-0.4, -0.2) is 44.4 Å². The fourth-order valence-corrected chi connectivity index (χ4v) is 11.8. The second-order valence-electron chi connectivity index (χ2n) is 13.2. The summed E-state index contributed by atoms with van der Waals surface area (Å²) in [4.78, 5) is 0. The Morgan fingerprint density at radius 2 is 1.12 bits per heavy atom. The maximum Gasteiger partial charge on any atom is 0.167 e. The zero-order valence-corrected chi connectivity index (χ0v) is 20.5. The second-order valence-corrected chi connectivity index (χ2v) is 13.2. The van der Waals surface area contributed by atoms with Crippen LogP contribution in [0.15, 0.2) is 0 Å². The molecule has 3 saturated carbocycles. The van der Waals surface area contributed by atoms with Gasteiger partial charge in [0.15, 0.2) is 6.71 Å². The fourth-order valence-electron chi connectivity index (χ4n) is 11.8. The van der Waals surface area contributed by atoms with Crippen LogP contribution in [0.2, 0.25) is 11.6 Å². The Hall–Kier alpha value is -0.0551. The molecule has 8 atom stereocenters. The number of hydrogen-bond donors (Lipinski definition) is 3. The molecule has 4 saturated heterocycles. The van der Waals surface area contributed by atoms with Gasteiger partial charge in [-0.1, -0.05) is 69.4 Å². The van der Waals surface area contributed by atoms with Crippen molar-refractivity contribution >= 4 is 6.71 Å². The van der Waals surface area contributed by atoms with E-state index in [1.807, 2.05) is 0 Å². The minimum atomic E-state index is 0.532. The number of rotatable bonds is 1. The molecule has 7 aliphatic rings. The minimum absolute atomic E-state index is 0.532. The van der Waals surface area contributed by atoms with Crippen LogP contribution < -0.4 is 16.0 Å². The predicted octanol–water partition coefficient (Wildman–Crippen LogP) is 5.03. The van der Waals surface area contributed by atoms with Crippen LogP contribution in [0.5, 0.6) is 0 Å². The van der Waals surface area contributed by atoms with E-state index in [1.165, 1.54) is 90.3 Å². The highest BCUT2D eigenvalue weighted by molar-refractivity contribution is 6.64. The van der Waals surface area contributed by atoms with Crippen LogP contribution in [0.1, 0.15) is 96.3 Å². The first kappa shape index (κ1) is 21.2. The van der Waals surface area contributed by atoms with Crippen molar-refractivity contribution in [3.05, 3.63) is 0 Å². The molecule has 0 bridgehead atoms. The summed E-state index contributed by atoms with van der Waals surface area (Å²) in [5.41, 5.74) is 0.532. The highest BCUT2D eigenvalue weighted by atomic mass is 15.1. The monoisotopic (exact) mass is 437 g/mol. The Labute approximate surface area is 197 Å². The molecule has 3 nitrogen and oxygen atoms in total. The molecule has 0 aromatic carbocycles. The van der Waals surface area contributed by atoms with Crippen molar-refractivity contribution in [2.75, 3.05) is 19.6 Å². The maximum absolute atomic E-state index is 4.29. The van der Waals surface area contributed by atoms with E-state index in [9.17, 15) is 0 Å².